The van der Waals surface area contributed by atoms with Crippen LogP contribution in [0.4, 0.5) is 0 Å². The van der Waals surface area contributed by atoms with E-state index < -0.39 is 0 Å². The molecule has 0 atom stereocenters. The Morgan fingerprint density at radius 1 is 1.57 bits per heavy atom. The summed E-state index contributed by atoms with van der Waals surface area (Å²) in [4.78, 5) is 1.11. The first-order chi connectivity index (χ1) is 6.70. The highest BCUT2D eigenvalue weighted by Crippen LogP contribution is 2.32. The lowest BCUT2D eigenvalue weighted by atomic mass is 10.2. The summed E-state index contributed by atoms with van der Waals surface area (Å²) in [5.41, 5.74) is 7.59. The standard InChI is InChI=1S/C9H10ClN3S/c1-13-5-6(7(4-11)12-13)8-2-3-9(10)14-8/h2-3,5H,4,11H2,1H3. The Hall–Kier alpha value is -0.840. The Morgan fingerprint density at radius 2 is 2.36 bits per heavy atom. The molecule has 0 aliphatic rings. The highest BCUT2D eigenvalue weighted by molar-refractivity contribution is 7.19. The molecule has 0 bridgehead atoms. The van der Waals surface area contributed by atoms with E-state index in [1.54, 1.807) is 16.0 Å². The minimum Gasteiger partial charge on any atom is -0.325 e. The van der Waals surface area contributed by atoms with Crippen molar-refractivity contribution in [3.63, 3.8) is 0 Å². The van der Waals surface area contributed by atoms with Gasteiger partial charge < -0.3 is 5.73 Å². The maximum absolute atomic E-state index is 5.87. The van der Waals surface area contributed by atoms with Gasteiger partial charge in [0.15, 0.2) is 0 Å². The molecule has 0 fully saturated rings. The van der Waals surface area contributed by atoms with E-state index in [1.165, 1.54) is 0 Å². The Morgan fingerprint density at radius 3 is 2.93 bits per heavy atom. The molecular formula is C9H10ClN3S. The zero-order chi connectivity index (χ0) is 10.1. The van der Waals surface area contributed by atoms with Crippen molar-refractivity contribution < 1.29 is 0 Å². The van der Waals surface area contributed by atoms with Crippen LogP contribution in [0.5, 0.6) is 0 Å². The van der Waals surface area contributed by atoms with Crippen molar-refractivity contribution >= 4 is 22.9 Å². The van der Waals surface area contributed by atoms with Crippen molar-refractivity contribution in [2.45, 2.75) is 6.54 Å². The van der Waals surface area contributed by atoms with Gasteiger partial charge in [-0.25, -0.2) is 0 Å². The number of hydrogen-bond donors (Lipinski definition) is 1. The van der Waals surface area contributed by atoms with E-state index in [-0.39, 0.29) is 0 Å². The molecule has 5 heteroatoms. The van der Waals surface area contributed by atoms with Gasteiger partial charge >= 0.3 is 0 Å². The number of halogens is 1. The normalized spacial score (nSPS) is 10.8. The summed E-state index contributed by atoms with van der Waals surface area (Å²) in [5.74, 6) is 0. The van der Waals surface area contributed by atoms with Crippen LogP contribution in [0.1, 0.15) is 5.69 Å². The number of aromatic nitrogens is 2. The Kier molecular flexibility index (Phi) is 2.58. The van der Waals surface area contributed by atoms with Crippen LogP contribution < -0.4 is 5.73 Å². The zero-order valence-corrected chi connectivity index (χ0v) is 9.27. The van der Waals surface area contributed by atoms with E-state index >= 15 is 0 Å². The molecule has 74 valence electrons. The van der Waals surface area contributed by atoms with Gasteiger partial charge in [0.2, 0.25) is 0 Å². The van der Waals surface area contributed by atoms with E-state index in [2.05, 4.69) is 5.10 Å². The van der Waals surface area contributed by atoms with Gasteiger partial charge in [0.05, 0.1) is 10.0 Å². The van der Waals surface area contributed by atoms with Crippen molar-refractivity contribution in [3.05, 3.63) is 28.4 Å². The topological polar surface area (TPSA) is 43.8 Å². The summed E-state index contributed by atoms with van der Waals surface area (Å²) in [7, 11) is 1.89. The molecule has 2 heterocycles. The van der Waals surface area contributed by atoms with Crippen LogP contribution in [0.25, 0.3) is 10.4 Å². The summed E-state index contributed by atoms with van der Waals surface area (Å²) in [6, 6.07) is 3.87. The first-order valence-electron chi connectivity index (χ1n) is 4.19. The molecule has 0 unspecified atom stereocenters. The Bertz CT molecular complexity index is 447. The fraction of sp³-hybridized carbons (Fsp3) is 0.222. The van der Waals surface area contributed by atoms with E-state index in [1.807, 2.05) is 25.4 Å². The third-order valence-corrected chi connectivity index (χ3v) is 3.20. The van der Waals surface area contributed by atoms with Crippen molar-refractivity contribution in [1.29, 1.82) is 0 Å². The molecule has 2 N–H and O–H groups in total. The molecule has 2 aromatic heterocycles. The third-order valence-electron chi connectivity index (χ3n) is 1.94. The first kappa shape index (κ1) is 9.71. The van der Waals surface area contributed by atoms with Crippen LogP contribution in [0, 0.1) is 0 Å². The van der Waals surface area contributed by atoms with Gasteiger partial charge in [-0.3, -0.25) is 4.68 Å². The molecule has 0 radical (unpaired) electrons. The predicted molar refractivity (Wildman–Crippen MR) is 59.4 cm³/mol. The van der Waals surface area contributed by atoms with Crippen LogP contribution in [-0.2, 0) is 13.6 Å². The van der Waals surface area contributed by atoms with Crippen molar-refractivity contribution in [3.8, 4) is 10.4 Å². The van der Waals surface area contributed by atoms with Gasteiger partial charge in [-0.1, -0.05) is 11.6 Å². The second-order valence-corrected chi connectivity index (χ2v) is 4.69. The quantitative estimate of drug-likeness (QED) is 0.856. The molecule has 2 aromatic rings. The van der Waals surface area contributed by atoms with Crippen molar-refractivity contribution in [2.24, 2.45) is 12.8 Å². The molecular weight excluding hydrogens is 218 g/mol. The number of hydrogen-bond acceptors (Lipinski definition) is 3. The summed E-state index contributed by atoms with van der Waals surface area (Å²) in [5, 5.41) is 4.27. The third kappa shape index (κ3) is 1.68. The van der Waals surface area contributed by atoms with Gasteiger partial charge in [-0.05, 0) is 12.1 Å². The van der Waals surface area contributed by atoms with Crippen LogP contribution >= 0.6 is 22.9 Å². The minimum atomic E-state index is 0.450. The summed E-state index contributed by atoms with van der Waals surface area (Å²) in [6.07, 6.45) is 1.96. The van der Waals surface area contributed by atoms with Crippen LogP contribution in [0.15, 0.2) is 18.3 Å². The van der Waals surface area contributed by atoms with Crippen LogP contribution in [0.3, 0.4) is 0 Å². The maximum Gasteiger partial charge on any atom is 0.0934 e. The highest BCUT2D eigenvalue weighted by atomic mass is 35.5. The minimum absolute atomic E-state index is 0.450. The SMILES string of the molecule is Cn1cc(-c2ccc(Cl)s2)c(CN)n1. The van der Waals surface area contributed by atoms with Gasteiger partial charge in [0.25, 0.3) is 0 Å². The molecule has 0 amide bonds. The number of rotatable bonds is 2. The molecule has 0 saturated heterocycles. The number of nitrogens with zero attached hydrogens (tertiary/aromatic N) is 2. The zero-order valence-electron chi connectivity index (χ0n) is 7.70. The second kappa shape index (κ2) is 3.73. The summed E-state index contributed by atoms with van der Waals surface area (Å²) in [6.45, 7) is 0.450. The van der Waals surface area contributed by atoms with Crippen LogP contribution in [-0.4, -0.2) is 9.78 Å². The molecule has 0 aromatic carbocycles. The molecule has 0 aliphatic carbocycles. The lowest BCUT2D eigenvalue weighted by Crippen LogP contribution is -1.99. The maximum atomic E-state index is 5.87. The summed E-state index contributed by atoms with van der Waals surface area (Å²) < 4.78 is 2.55. The molecule has 14 heavy (non-hydrogen) atoms. The smallest absolute Gasteiger partial charge is 0.0934 e. The summed E-state index contributed by atoms with van der Waals surface area (Å²) >= 11 is 7.41. The highest BCUT2D eigenvalue weighted by Gasteiger charge is 2.10. The molecule has 0 saturated carbocycles. The molecule has 3 nitrogen and oxygen atoms in total. The first-order valence-corrected chi connectivity index (χ1v) is 5.38. The van der Waals surface area contributed by atoms with Gasteiger partial charge in [-0.2, -0.15) is 5.10 Å². The molecule has 2 rings (SSSR count). The Labute approximate surface area is 91.1 Å². The largest absolute Gasteiger partial charge is 0.325 e. The van der Waals surface area contributed by atoms with E-state index in [0.717, 1.165) is 20.5 Å². The number of thiophene rings is 1. The fourth-order valence-corrected chi connectivity index (χ4v) is 2.43. The van der Waals surface area contributed by atoms with Crippen LogP contribution in [0.2, 0.25) is 4.34 Å². The Balaban J connectivity index is 2.49. The van der Waals surface area contributed by atoms with Crippen molar-refractivity contribution in [1.82, 2.24) is 9.78 Å². The average Bonchev–Trinajstić information content (AvgIpc) is 2.71. The second-order valence-electron chi connectivity index (χ2n) is 2.97. The van der Waals surface area contributed by atoms with Gasteiger partial charge in [-0.15, -0.1) is 11.3 Å². The number of aryl methyl sites for hydroxylation is 1. The van der Waals surface area contributed by atoms with E-state index in [0.29, 0.717) is 6.54 Å². The average molecular weight is 228 g/mol. The molecule has 0 aliphatic heterocycles. The lowest BCUT2D eigenvalue weighted by Gasteiger charge is -1.93. The van der Waals surface area contributed by atoms with Crippen molar-refractivity contribution in [2.75, 3.05) is 0 Å². The predicted octanol–water partition coefficient (Wildman–Crippen LogP) is 2.26. The van der Waals surface area contributed by atoms with E-state index in [4.69, 9.17) is 17.3 Å². The monoisotopic (exact) mass is 227 g/mol. The van der Waals surface area contributed by atoms with Gasteiger partial charge in [0.1, 0.15) is 0 Å². The fourth-order valence-electron chi connectivity index (χ4n) is 1.35. The number of nitrogens with two attached hydrogens (primary N) is 1. The van der Waals surface area contributed by atoms with E-state index in [9.17, 15) is 0 Å². The molecule has 0 spiro atoms. The lowest BCUT2D eigenvalue weighted by molar-refractivity contribution is 0.742. The van der Waals surface area contributed by atoms with Gasteiger partial charge in [0, 0.05) is 30.2 Å².